The van der Waals surface area contributed by atoms with E-state index >= 15 is 0 Å². The minimum atomic E-state index is -2.73. The first kappa shape index (κ1) is 22.2. The highest BCUT2D eigenvalue weighted by Gasteiger charge is 2.45. The van der Waals surface area contributed by atoms with Crippen molar-refractivity contribution >= 4 is 17.6 Å². The average Bonchev–Trinajstić information content (AvgIpc) is 3.52. The number of hydrogen-bond acceptors (Lipinski definition) is 6. The van der Waals surface area contributed by atoms with Crippen molar-refractivity contribution in [3.63, 3.8) is 0 Å². The number of ether oxygens (including phenoxy) is 2. The van der Waals surface area contributed by atoms with Gasteiger partial charge in [-0.15, -0.1) is 0 Å². The first-order valence-electron chi connectivity index (χ1n) is 10.5. The second-order valence-corrected chi connectivity index (χ2v) is 7.98. The summed E-state index contributed by atoms with van der Waals surface area (Å²) in [6.07, 6.45) is 2.78. The van der Waals surface area contributed by atoms with Gasteiger partial charge in [0.25, 0.3) is 11.8 Å². The van der Waals surface area contributed by atoms with Crippen LogP contribution in [0.4, 0.5) is 14.5 Å². The molecule has 1 saturated heterocycles. The van der Waals surface area contributed by atoms with Gasteiger partial charge in [0.1, 0.15) is 17.9 Å². The van der Waals surface area contributed by atoms with Crippen LogP contribution < -0.4 is 9.64 Å². The first-order chi connectivity index (χ1) is 14.2. The number of alkyl halides is 2. The van der Waals surface area contributed by atoms with Crippen LogP contribution >= 0.6 is 0 Å². The molecule has 1 saturated carbocycles. The van der Waals surface area contributed by atoms with Crippen molar-refractivity contribution in [3.05, 3.63) is 17.8 Å². The Hall–Kier alpha value is -2.45. The second-order valence-electron chi connectivity index (χ2n) is 7.98. The van der Waals surface area contributed by atoms with Crippen molar-refractivity contribution < 1.29 is 27.8 Å². The summed E-state index contributed by atoms with van der Waals surface area (Å²) in [6, 6.07) is 2.89. The lowest BCUT2D eigenvalue weighted by atomic mass is 10.1. The molecule has 166 valence electrons. The number of hydrogen-bond donors (Lipinski definition) is 0. The molecule has 7 nitrogen and oxygen atoms in total. The molecule has 2 aliphatic rings. The summed E-state index contributed by atoms with van der Waals surface area (Å²) in [6.45, 7) is 5.16. The fraction of sp³-hybridized carbons (Fsp3) is 0.667. The largest absolute Gasteiger partial charge is 0.476 e. The van der Waals surface area contributed by atoms with Crippen LogP contribution in [0.1, 0.15) is 50.5 Å². The first-order valence-corrected chi connectivity index (χ1v) is 10.5. The quantitative estimate of drug-likeness (QED) is 0.537. The molecule has 9 heteroatoms. The van der Waals surface area contributed by atoms with Gasteiger partial charge < -0.3 is 19.3 Å². The molecule has 0 N–H and O–H groups in total. The van der Waals surface area contributed by atoms with Crippen LogP contribution in [0, 0.1) is 5.92 Å². The van der Waals surface area contributed by atoms with E-state index in [4.69, 9.17) is 9.47 Å². The van der Waals surface area contributed by atoms with Gasteiger partial charge in [-0.25, -0.2) is 13.8 Å². The van der Waals surface area contributed by atoms with E-state index in [1.54, 1.807) is 13.0 Å². The SMILES string of the molecule is CCOC(=O)CN(C(=O)c1ccc(N2CC(F)(F)C2)c(OCC2CC2)n1)C(C)CC. The lowest BCUT2D eigenvalue weighted by molar-refractivity contribution is -0.144. The van der Waals surface area contributed by atoms with Gasteiger partial charge in [-0.1, -0.05) is 6.92 Å². The zero-order valence-electron chi connectivity index (χ0n) is 17.7. The Kier molecular flexibility index (Phi) is 6.77. The summed E-state index contributed by atoms with van der Waals surface area (Å²) < 4.78 is 37.5. The number of amides is 1. The van der Waals surface area contributed by atoms with E-state index in [2.05, 4.69) is 4.98 Å². The van der Waals surface area contributed by atoms with Crippen LogP contribution in [0.3, 0.4) is 0 Å². The van der Waals surface area contributed by atoms with Crippen LogP contribution in [0.25, 0.3) is 0 Å². The number of anilines is 1. The summed E-state index contributed by atoms with van der Waals surface area (Å²) in [5, 5.41) is 0. The summed E-state index contributed by atoms with van der Waals surface area (Å²) >= 11 is 0. The lowest BCUT2D eigenvalue weighted by Crippen LogP contribution is -2.56. The molecule has 1 aromatic rings. The van der Waals surface area contributed by atoms with E-state index in [1.807, 2.05) is 13.8 Å². The smallest absolute Gasteiger partial charge is 0.325 e. The maximum atomic E-state index is 13.3. The van der Waals surface area contributed by atoms with E-state index in [1.165, 1.54) is 15.9 Å². The lowest BCUT2D eigenvalue weighted by Gasteiger charge is -2.40. The Morgan fingerprint density at radius 2 is 2.00 bits per heavy atom. The monoisotopic (exact) mass is 425 g/mol. The Morgan fingerprint density at radius 1 is 1.30 bits per heavy atom. The molecule has 1 atom stereocenters. The highest BCUT2D eigenvalue weighted by atomic mass is 19.3. The third-order valence-electron chi connectivity index (χ3n) is 5.39. The van der Waals surface area contributed by atoms with E-state index in [0.717, 1.165) is 12.8 Å². The Morgan fingerprint density at radius 3 is 2.57 bits per heavy atom. The van der Waals surface area contributed by atoms with Gasteiger partial charge in [-0.3, -0.25) is 9.59 Å². The van der Waals surface area contributed by atoms with Crippen molar-refractivity contribution in [1.29, 1.82) is 0 Å². The number of rotatable bonds is 10. The third kappa shape index (κ3) is 5.37. The van der Waals surface area contributed by atoms with Crippen LogP contribution in [0.5, 0.6) is 5.88 Å². The Labute approximate surface area is 175 Å². The molecular formula is C21H29F2N3O4. The fourth-order valence-electron chi connectivity index (χ4n) is 3.20. The summed E-state index contributed by atoms with van der Waals surface area (Å²) in [5.41, 5.74) is 0.569. The number of halogens is 2. The minimum Gasteiger partial charge on any atom is -0.476 e. The molecule has 2 heterocycles. The molecule has 1 amide bonds. The van der Waals surface area contributed by atoms with Crippen molar-refractivity contribution in [2.24, 2.45) is 5.92 Å². The molecule has 0 radical (unpaired) electrons. The zero-order chi connectivity index (χ0) is 21.9. The van der Waals surface area contributed by atoms with Gasteiger partial charge in [0.15, 0.2) is 0 Å². The number of carbonyl (C=O) groups is 2. The average molecular weight is 425 g/mol. The van der Waals surface area contributed by atoms with E-state index in [0.29, 0.717) is 24.6 Å². The predicted octanol–water partition coefficient (Wildman–Crippen LogP) is 3.13. The highest BCUT2D eigenvalue weighted by Crippen LogP contribution is 2.38. The summed E-state index contributed by atoms with van der Waals surface area (Å²) in [4.78, 5) is 32.4. The minimum absolute atomic E-state index is 0.112. The van der Waals surface area contributed by atoms with Gasteiger partial charge in [-0.05, 0) is 51.2 Å². The van der Waals surface area contributed by atoms with Crippen molar-refractivity contribution in [2.75, 3.05) is 37.7 Å². The third-order valence-corrected chi connectivity index (χ3v) is 5.39. The molecule has 2 fully saturated rings. The molecule has 0 aromatic carbocycles. The molecule has 3 rings (SSSR count). The Bertz CT molecular complexity index is 778. The van der Waals surface area contributed by atoms with Crippen molar-refractivity contribution in [3.8, 4) is 5.88 Å². The van der Waals surface area contributed by atoms with Crippen LogP contribution in [0.2, 0.25) is 0 Å². The molecule has 1 aromatic heterocycles. The van der Waals surface area contributed by atoms with Gasteiger partial charge in [0.05, 0.1) is 26.3 Å². The summed E-state index contributed by atoms with van der Waals surface area (Å²) in [5.74, 6) is -3.01. The molecule has 0 spiro atoms. The number of esters is 1. The van der Waals surface area contributed by atoms with Gasteiger partial charge >= 0.3 is 5.97 Å². The maximum Gasteiger partial charge on any atom is 0.325 e. The number of nitrogens with zero attached hydrogens (tertiary/aromatic N) is 3. The van der Waals surface area contributed by atoms with Gasteiger partial charge in [-0.2, -0.15) is 0 Å². The fourth-order valence-corrected chi connectivity index (χ4v) is 3.20. The highest BCUT2D eigenvalue weighted by molar-refractivity contribution is 5.95. The molecular weight excluding hydrogens is 396 g/mol. The number of aromatic nitrogens is 1. The van der Waals surface area contributed by atoms with Gasteiger partial charge in [0, 0.05) is 6.04 Å². The van der Waals surface area contributed by atoms with Crippen LogP contribution in [-0.2, 0) is 9.53 Å². The van der Waals surface area contributed by atoms with Crippen LogP contribution in [-0.4, -0.2) is 66.6 Å². The standard InChI is InChI=1S/C21H29F2N3O4/c1-4-14(3)26(10-18(27)29-5-2)20(28)16-8-9-17(25-12-21(22,23)13-25)19(24-16)30-11-15-6-7-15/h8-9,14-15H,4-7,10-13H2,1-3H3. The predicted molar refractivity (Wildman–Crippen MR) is 107 cm³/mol. The van der Waals surface area contributed by atoms with Crippen molar-refractivity contribution in [1.82, 2.24) is 9.88 Å². The topological polar surface area (TPSA) is 72.0 Å². The Balaban J connectivity index is 1.82. The van der Waals surface area contributed by atoms with E-state index in [-0.39, 0.29) is 30.8 Å². The van der Waals surface area contributed by atoms with Gasteiger partial charge in [0.2, 0.25) is 5.88 Å². The van der Waals surface area contributed by atoms with E-state index < -0.39 is 30.9 Å². The van der Waals surface area contributed by atoms with E-state index in [9.17, 15) is 18.4 Å². The molecule has 1 aliphatic carbocycles. The second kappa shape index (κ2) is 9.14. The normalized spacial score (nSPS) is 18.4. The number of pyridine rings is 1. The van der Waals surface area contributed by atoms with Crippen LogP contribution in [0.15, 0.2) is 12.1 Å². The number of carbonyl (C=O) groups excluding carboxylic acids is 2. The molecule has 1 unspecified atom stereocenters. The molecule has 1 aliphatic heterocycles. The van der Waals surface area contributed by atoms with Crippen molar-refractivity contribution in [2.45, 2.75) is 52.0 Å². The maximum absolute atomic E-state index is 13.3. The molecule has 30 heavy (non-hydrogen) atoms. The summed E-state index contributed by atoms with van der Waals surface area (Å²) in [7, 11) is 0. The molecule has 0 bridgehead atoms. The zero-order valence-corrected chi connectivity index (χ0v) is 17.7.